The van der Waals surface area contributed by atoms with Crippen LogP contribution in [0.5, 0.6) is 0 Å². The van der Waals surface area contributed by atoms with Gasteiger partial charge in [0.25, 0.3) is 11.1 Å². The van der Waals surface area contributed by atoms with Gasteiger partial charge in [0, 0.05) is 18.8 Å². The fourth-order valence-corrected chi connectivity index (χ4v) is 3.54. The molecule has 4 aromatic rings. The molecule has 0 aliphatic heterocycles. The highest BCUT2D eigenvalue weighted by Gasteiger charge is 2.32. The first-order valence-corrected chi connectivity index (χ1v) is 9.71. The number of para-hydroxylation sites is 1. The molecule has 4 rings (SSSR count). The number of aromatic nitrogens is 3. The van der Waals surface area contributed by atoms with Gasteiger partial charge < -0.3 is 5.32 Å². The minimum Gasteiger partial charge on any atom is -0.355 e. The first kappa shape index (κ1) is 22.2. The Kier molecular flexibility index (Phi) is 5.48. The van der Waals surface area contributed by atoms with Crippen molar-refractivity contribution >= 4 is 35.7 Å². The molecule has 0 amide bonds. The summed E-state index contributed by atoms with van der Waals surface area (Å²) in [4.78, 5) is 39.1. The zero-order chi connectivity index (χ0) is 23.9. The molecule has 2 aromatic heterocycles. The van der Waals surface area contributed by atoms with Gasteiger partial charge in [0.2, 0.25) is 0 Å². The predicted octanol–water partition coefficient (Wildman–Crippen LogP) is 1.95. The molecule has 2 radical (unpaired) electrons. The van der Waals surface area contributed by atoms with E-state index in [1.807, 2.05) is 0 Å². The molecular formula is C22H16BF3N4O3. The molecule has 0 saturated heterocycles. The van der Waals surface area contributed by atoms with Crippen LogP contribution in [0.4, 0.5) is 24.5 Å². The van der Waals surface area contributed by atoms with Gasteiger partial charge in [-0.2, -0.15) is 13.2 Å². The Labute approximate surface area is 185 Å². The van der Waals surface area contributed by atoms with Crippen LogP contribution < -0.4 is 27.6 Å². The molecule has 0 aliphatic carbocycles. The first-order chi connectivity index (χ1) is 15.6. The maximum Gasteiger partial charge on any atom is 0.406 e. The van der Waals surface area contributed by atoms with E-state index in [0.29, 0.717) is 11.2 Å². The first-order valence-electron chi connectivity index (χ1n) is 9.71. The van der Waals surface area contributed by atoms with Gasteiger partial charge in [0.05, 0.1) is 11.4 Å². The molecule has 0 bridgehead atoms. The van der Waals surface area contributed by atoms with E-state index in [1.54, 1.807) is 42.5 Å². The van der Waals surface area contributed by atoms with E-state index in [-0.39, 0.29) is 27.0 Å². The van der Waals surface area contributed by atoms with Crippen LogP contribution in [0.25, 0.3) is 16.7 Å². The number of hydrogen-bond acceptors (Lipinski definition) is 4. The standard InChI is InChI=1S/C22H16BF3N4O3/c1-28-17(31)11-16(27-14-9-7-13(23)8-10-14)18-19(28)30(15-5-3-2-4-6-15)21(33)29(20(18)32)12-22(24,25)26/h2-11,27H,12H2,1H3. The van der Waals surface area contributed by atoms with Crippen molar-refractivity contribution in [2.75, 3.05) is 5.32 Å². The SMILES string of the molecule is [B]c1ccc(Nc2cc(=O)n(C)c3c2c(=O)n(CC(F)(F)F)c(=O)n3-c2ccccc2)cc1. The second-order valence-electron chi connectivity index (χ2n) is 7.36. The Hall–Kier alpha value is -4.02. The molecule has 2 heterocycles. The highest BCUT2D eigenvalue weighted by molar-refractivity contribution is 6.32. The van der Waals surface area contributed by atoms with E-state index in [1.165, 1.54) is 19.2 Å². The smallest absolute Gasteiger partial charge is 0.355 e. The van der Waals surface area contributed by atoms with Gasteiger partial charge >= 0.3 is 11.9 Å². The van der Waals surface area contributed by atoms with Gasteiger partial charge in [-0.15, -0.1) is 0 Å². The second-order valence-corrected chi connectivity index (χ2v) is 7.36. The van der Waals surface area contributed by atoms with Crippen molar-refractivity contribution < 1.29 is 13.2 Å². The van der Waals surface area contributed by atoms with Gasteiger partial charge in [-0.05, 0) is 24.3 Å². The number of rotatable bonds is 4. The highest BCUT2D eigenvalue weighted by Crippen LogP contribution is 2.24. The highest BCUT2D eigenvalue weighted by atomic mass is 19.4. The van der Waals surface area contributed by atoms with Crippen molar-refractivity contribution in [1.29, 1.82) is 0 Å². The summed E-state index contributed by atoms with van der Waals surface area (Å²) in [7, 11) is 7.02. The average molecular weight is 452 g/mol. The van der Waals surface area contributed by atoms with Gasteiger partial charge in [0.1, 0.15) is 25.4 Å². The van der Waals surface area contributed by atoms with Crippen molar-refractivity contribution in [2.24, 2.45) is 7.05 Å². The lowest BCUT2D eigenvalue weighted by Gasteiger charge is -2.19. The van der Waals surface area contributed by atoms with E-state index in [9.17, 15) is 27.6 Å². The van der Waals surface area contributed by atoms with E-state index in [2.05, 4.69) is 5.32 Å². The summed E-state index contributed by atoms with van der Waals surface area (Å²) in [5.41, 5.74) is -2.02. The molecule has 166 valence electrons. The summed E-state index contributed by atoms with van der Waals surface area (Å²) in [6.07, 6.45) is -4.82. The third-order valence-electron chi connectivity index (χ3n) is 5.04. The summed E-state index contributed by atoms with van der Waals surface area (Å²) in [6, 6.07) is 15.2. The molecule has 0 unspecified atom stereocenters. The number of alkyl halides is 3. The topological polar surface area (TPSA) is 78.0 Å². The number of nitrogens with one attached hydrogen (secondary N) is 1. The molecule has 0 spiro atoms. The van der Waals surface area contributed by atoms with E-state index in [4.69, 9.17) is 7.85 Å². The number of aryl methyl sites for hydroxylation is 1. The maximum atomic E-state index is 13.3. The monoisotopic (exact) mass is 452 g/mol. The molecule has 2 aromatic carbocycles. The average Bonchev–Trinajstić information content (AvgIpc) is 2.76. The predicted molar refractivity (Wildman–Crippen MR) is 120 cm³/mol. The third kappa shape index (κ3) is 4.21. The van der Waals surface area contributed by atoms with Gasteiger partial charge in [-0.3, -0.25) is 18.7 Å². The minimum atomic E-state index is -4.82. The van der Waals surface area contributed by atoms with Crippen LogP contribution in [0.2, 0.25) is 0 Å². The minimum absolute atomic E-state index is 0.0384. The van der Waals surface area contributed by atoms with E-state index >= 15 is 0 Å². The van der Waals surface area contributed by atoms with Crippen LogP contribution in [0.15, 0.2) is 75.0 Å². The second kappa shape index (κ2) is 8.16. The Morgan fingerprint density at radius 1 is 0.970 bits per heavy atom. The van der Waals surface area contributed by atoms with Crippen LogP contribution in [-0.2, 0) is 13.6 Å². The summed E-state index contributed by atoms with van der Waals surface area (Å²) < 4.78 is 41.9. The van der Waals surface area contributed by atoms with E-state index in [0.717, 1.165) is 15.2 Å². The molecule has 0 atom stereocenters. The Balaban J connectivity index is 2.15. The Morgan fingerprint density at radius 2 is 1.61 bits per heavy atom. The van der Waals surface area contributed by atoms with Crippen LogP contribution in [0.1, 0.15) is 0 Å². The zero-order valence-electron chi connectivity index (χ0n) is 17.3. The van der Waals surface area contributed by atoms with Crippen LogP contribution in [-0.4, -0.2) is 27.7 Å². The Morgan fingerprint density at radius 3 is 2.21 bits per heavy atom. The largest absolute Gasteiger partial charge is 0.406 e. The molecule has 0 aliphatic rings. The summed E-state index contributed by atoms with van der Waals surface area (Å²) in [6.45, 7) is -1.78. The molecule has 11 heteroatoms. The summed E-state index contributed by atoms with van der Waals surface area (Å²) in [5.74, 6) is 0. The van der Waals surface area contributed by atoms with Crippen molar-refractivity contribution in [3.63, 3.8) is 0 Å². The fourth-order valence-electron chi connectivity index (χ4n) is 3.54. The van der Waals surface area contributed by atoms with Gasteiger partial charge in [-0.25, -0.2) is 9.36 Å². The molecule has 1 N–H and O–H groups in total. The van der Waals surface area contributed by atoms with E-state index < -0.39 is 29.5 Å². The number of benzene rings is 2. The molecule has 7 nitrogen and oxygen atoms in total. The fraction of sp³-hybridized carbons (Fsp3) is 0.136. The van der Waals surface area contributed by atoms with Gasteiger partial charge in [0.15, 0.2) is 0 Å². The quantitative estimate of drug-likeness (QED) is 0.481. The van der Waals surface area contributed by atoms with Crippen molar-refractivity contribution in [3.8, 4) is 5.69 Å². The maximum absolute atomic E-state index is 13.3. The molecule has 33 heavy (non-hydrogen) atoms. The number of hydrogen-bond donors (Lipinski definition) is 1. The van der Waals surface area contributed by atoms with Crippen molar-refractivity contribution in [1.82, 2.24) is 13.7 Å². The van der Waals surface area contributed by atoms with Crippen LogP contribution in [0, 0.1) is 0 Å². The number of nitrogens with zero attached hydrogens (tertiary/aromatic N) is 3. The van der Waals surface area contributed by atoms with Gasteiger partial charge in [-0.1, -0.05) is 35.8 Å². The number of pyridine rings is 1. The number of fused-ring (bicyclic) bond motifs is 1. The summed E-state index contributed by atoms with van der Waals surface area (Å²) in [5, 5.41) is 2.64. The van der Waals surface area contributed by atoms with Crippen molar-refractivity contribution in [3.05, 3.63) is 91.9 Å². The molecular weight excluding hydrogens is 436 g/mol. The molecule has 0 saturated carbocycles. The lowest BCUT2D eigenvalue weighted by atomic mass is 9.96. The van der Waals surface area contributed by atoms with Crippen LogP contribution in [0.3, 0.4) is 0 Å². The zero-order valence-corrected chi connectivity index (χ0v) is 17.3. The van der Waals surface area contributed by atoms with Crippen LogP contribution >= 0.6 is 0 Å². The third-order valence-corrected chi connectivity index (χ3v) is 5.04. The van der Waals surface area contributed by atoms with Crippen molar-refractivity contribution in [2.45, 2.75) is 12.7 Å². The number of anilines is 2. The lowest BCUT2D eigenvalue weighted by Crippen LogP contribution is -2.44. The number of halogens is 3. The Bertz CT molecular complexity index is 1520. The molecule has 0 fully saturated rings. The lowest BCUT2D eigenvalue weighted by molar-refractivity contribution is -0.141. The summed E-state index contributed by atoms with van der Waals surface area (Å²) >= 11 is 0. The normalized spacial score (nSPS) is 11.6.